The zero-order valence-electron chi connectivity index (χ0n) is 10.1. The maximum atomic E-state index is 11.2. The van der Waals surface area contributed by atoms with E-state index in [0.29, 0.717) is 17.4 Å². The van der Waals surface area contributed by atoms with Gasteiger partial charge in [-0.05, 0) is 23.8 Å². The Morgan fingerprint density at radius 1 is 1.26 bits per heavy atom. The van der Waals surface area contributed by atoms with E-state index < -0.39 is 5.91 Å². The second-order valence-corrected chi connectivity index (χ2v) is 4.23. The van der Waals surface area contributed by atoms with E-state index in [1.54, 1.807) is 12.1 Å². The molecule has 5 nitrogen and oxygen atoms in total. The minimum absolute atomic E-state index is 0.152. The second kappa shape index (κ2) is 6.38. The minimum Gasteiger partial charge on any atom is -0.453 e. The van der Waals surface area contributed by atoms with Crippen LogP contribution in [0.4, 0.5) is 0 Å². The standard InChI is InChI=1S/C13H13ClN2O3/c14-11-4-2-1-3-9(11)7-18-8-10-5-6-12(19-10)13(17)16-15/h1-6H,7-8,15H2,(H,16,17). The first-order chi connectivity index (χ1) is 9.20. The lowest BCUT2D eigenvalue weighted by molar-refractivity contribution is 0.0856. The summed E-state index contributed by atoms with van der Waals surface area (Å²) < 4.78 is 10.7. The number of nitrogen functional groups attached to an aromatic ring is 1. The van der Waals surface area contributed by atoms with E-state index in [1.807, 2.05) is 23.6 Å². The first kappa shape index (κ1) is 13.6. The molecule has 1 aromatic heterocycles. The largest absolute Gasteiger partial charge is 0.453 e. The van der Waals surface area contributed by atoms with Crippen molar-refractivity contribution in [1.82, 2.24) is 5.43 Å². The van der Waals surface area contributed by atoms with Crippen LogP contribution in [0, 0.1) is 0 Å². The molecule has 0 radical (unpaired) electrons. The summed E-state index contributed by atoms with van der Waals surface area (Å²) in [6.07, 6.45) is 0. The molecule has 0 fully saturated rings. The number of hydrazine groups is 1. The van der Waals surface area contributed by atoms with Crippen LogP contribution in [0.1, 0.15) is 21.9 Å². The molecule has 0 unspecified atom stereocenters. The van der Waals surface area contributed by atoms with E-state index in [1.165, 1.54) is 6.07 Å². The average Bonchev–Trinajstić information content (AvgIpc) is 2.89. The predicted molar refractivity (Wildman–Crippen MR) is 70.3 cm³/mol. The number of amides is 1. The van der Waals surface area contributed by atoms with Crippen LogP contribution >= 0.6 is 11.6 Å². The van der Waals surface area contributed by atoms with Crippen LogP contribution in [0.15, 0.2) is 40.8 Å². The molecule has 0 saturated heterocycles. The Hall–Kier alpha value is -1.82. The highest BCUT2D eigenvalue weighted by molar-refractivity contribution is 6.31. The van der Waals surface area contributed by atoms with Crippen LogP contribution < -0.4 is 11.3 Å². The van der Waals surface area contributed by atoms with Crippen molar-refractivity contribution >= 4 is 17.5 Å². The van der Waals surface area contributed by atoms with Gasteiger partial charge in [-0.25, -0.2) is 5.84 Å². The Morgan fingerprint density at radius 3 is 2.79 bits per heavy atom. The van der Waals surface area contributed by atoms with Gasteiger partial charge < -0.3 is 9.15 Å². The average molecular weight is 281 g/mol. The zero-order valence-corrected chi connectivity index (χ0v) is 10.8. The zero-order chi connectivity index (χ0) is 13.7. The van der Waals surface area contributed by atoms with Crippen molar-refractivity contribution in [3.05, 3.63) is 58.5 Å². The second-order valence-electron chi connectivity index (χ2n) is 3.82. The topological polar surface area (TPSA) is 77.5 Å². The quantitative estimate of drug-likeness (QED) is 0.500. The molecule has 0 aliphatic carbocycles. The summed E-state index contributed by atoms with van der Waals surface area (Å²) in [6, 6.07) is 10.6. The fourth-order valence-corrected chi connectivity index (χ4v) is 1.72. The van der Waals surface area contributed by atoms with Crippen LogP contribution in [-0.2, 0) is 18.0 Å². The minimum atomic E-state index is -0.475. The molecule has 0 atom stereocenters. The highest BCUT2D eigenvalue weighted by atomic mass is 35.5. The summed E-state index contributed by atoms with van der Waals surface area (Å²) in [5, 5.41) is 0.658. The van der Waals surface area contributed by atoms with Crippen molar-refractivity contribution in [1.29, 1.82) is 0 Å². The van der Waals surface area contributed by atoms with Gasteiger partial charge >= 0.3 is 5.91 Å². The normalized spacial score (nSPS) is 10.4. The molecular formula is C13H13ClN2O3. The monoisotopic (exact) mass is 280 g/mol. The number of nitrogens with one attached hydrogen (secondary N) is 1. The number of ether oxygens (including phenoxy) is 1. The highest BCUT2D eigenvalue weighted by Gasteiger charge is 2.09. The third-order valence-electron chi connectivity index (χ3n) is 2.48. The number of rotatable bonds is 5. The van der Waals surface area contributed by atoms with Crippen molar-refractivity contribution < 1.29 is 13.9 Å². The molecule has 0 aliphatic rings. The van der Waals surface area contributed by atoms with Crippen LogP contribution in [-0.4, -0.2) is 5.91 Å². The van der Waals surface area contributed by atoms with Crippen LogP contribution in [0.5, 0.6) is 0 Å². The summed E-state index contributed by atoms with van der Waals surface area (Å²) in [5.41, 5.74) is 2.89. The van der Waals surface area contributed by atoms with Crippen molar-refractivity contribution in [3.63, 3.8) is 0 Å². The molecule has 19 heavy (non-hydrogen) atoms. The first-order valence-electron chi connectivity index (χ1n) is 5.61. The van der Waals surface area contributed by atoms with Gasteiger partial charge in [0.05, 0.1) is 6.61 Å². The summed E-state index contributed by atoms with van der Waals surface area (Å²) in [7, 11) is 0. The van der Waals surface area contributed by atoms with Crippen molar-refractivity contribution in [2.24, 2.45) is 5.84 Å². The van der Waals surface area contributed by atoms with Crippen LogP contribution in [0.3, 0.4) is 0 Å². The number of carbonyl (C=O) groups excluding carboxylic acids is 1. The number of hydrogen-bond donors (Lipinski definition) is 2. The van der Waals surface area contributed by atoms with Crippen LogP contribution in [0.25, 0.3) is 0 Å². The smallest absolute Gasteiger partial charge is 0.300 e. The van der Waals surface area contributed by atoms with Gasteiger partial charge in [0.25, 0.3) is 0 Å². The molecule has 6 heteroatoms. The molecular weight excluding hydrogens is 268 g/mol. The van der Waals surface area contributed by atoms with Gasteiger partial charge in [0.2, 0.25) is 0 Å². The van der Waals surface area contributed by atoms with Gasteiger partial charge in [-0.1, -0.05) is 29.8 Å². The number of halogens is 1. The lowest BCUT2D eigenvalue weighted by atomic mass is 10.2. The molecule has 3 N–H and O–H groups in total. The van der Waals surface area contributed by atoms with E-state index in [2.05, 4.69) is 0 Å². The Labute approximate surface area is 115 Å². The van der Waals surface area contributed by atoms with Crippen LogP contribution in [0.2, 0.25) is 5.02 Å². The van der Waals surface area contributed by atoms with Gasteiger partial charge in [0.15, 0.2) is 5.76 Å². The van der Waals surface area contributed by atoms with Crippen molar-refractivity contribution in [3.8, 4) is 0 Å². The number of benzene rings is 1. The summed E-state index contributed by atoms with van der Waals surface area (Å²) in [5.74, 6) is 5.22. The number of furan rings is 1. The van der Waals surface area contributed by atoms with Gasteiger partial charge in [-0.15, -0.1) is 0 Å². The van der Waals surface area contributed by atoms with Gasteiger partial charge in [-0.3, -0.25) is 10.2 Å². The Balaban J connectivity index is 1.88. The Bertz CT molecular complexity index is 569. The maximum Gasteiger partial charge on any atom is 0.300 e. The number of hydrogen-bond acceptors (Lipinski definition) is 4. The third kappa shape index (κ3) is 3.57. The molecule has 0 spiro atoms. The Kier molecular flexibility index (Phi) is 4.57. The van der Waals surface area contributed by atoms with E-state index in [4.69, 9.17) is 26.6 Å². The van der Waals surface area contributed by atoms with E-state index in [-0.39, 0.29) is 12.4 Å². The lowest BCUT2D eigenvalue weighted by Crippen LogP contribution is -2.29. The molecule has 1 heterocycles. The van der Waals surface area contributed by atoms with E-state index in [9.17, 15) is 4.79 Å². The number of nitrogens with two attached hydrogens (primary N) is 1. The SMILES string of the molecule is NNC(=O)c1ccc(COCc2ccccc2Cl)o1. The highest BCUT2D eigenvalue weighted by Crippen LogP contribution is 2.17. The summed E-state index contributed by atoms with van der Waals surface area (Å²) in [6.45, 7) is 0.627. The molecule has 0 bridgehead atoms. The van der Waals surface area contributed by atoms with E-state index >= 15 is 0 Å². The maximum absolute atomic E-state index is 11.2. The molecule has 1 aromatic carbocycles. The molecule has 2 rings (SSSR count). The molecule has 2 aromatic rings. The van der Waals surface area contributed by atoms with Crippen molar-refractivity contribution in [2.75, 3.05) is 0 Å². The first-order valence-corrected chi connectivity index (χ1v) is 5.99. The lowest BCUT2D eigenvalue weighted by Gasteiger charge is -2.04. The van der Waals surface area contributed by atoms with E-state index in [0.717, 1.165) is 5.56 Å². The summed E-state index contributed by atoms with van der Waals surface area (Å²) in [4.78, 5) is 11.2. The fourth-order valence-electron chi connectivity index (χ4n) is 1.53. The number of carbonyl (C=O) groups is 1. The van der Waals surface area contributed by atoms with Crippen molar-refractivity contribution in [2.45, 2.75) is 13.2 Å². The third-order valence-corrected chi connectivity index (χ3v) is 2.84. The molecule has 0 aliphatic heterocycles. The fraction of sp³-hybridized carbons (Fsp3) is 0.154. The Morgan fingerprint density at radius 2 is 2.05 bits per heavy atom. The summed E-state index contributed by atoms with van der Waals surface area (Å²) >= 11 is 6.00. The van der Waals surface area contributed by atoms with Gasteiger partial charge in [0, 0.05) is 5.02 Å². The predicted octanol–water partition coefficient (Wildman–Crippen LogP) is 2.25. The van der Waals surface area contributed by atoms with Gasteiger partial charge in [-0.2, -0.15) is 0 Å². The molecule has 1 amide bonds. The molecule has 100 valence electrons. The van der Waals surface area contributed by atoms with Gasteiger partial charge in [0.1, 0.15) is 12.4 Å². The molecule has 0 saturated carbocycles.